The highest BCUT2D eigenvalue weighted by molar-refractivity contribution is 7.71. The summed E-state index contributed by atoms with van der Waals surface area (Å²) in [5.74, 6) is 0.246. The van der Waals surface area contributed by atoms with Crippen LogP contribution in [0.2, 0.25) is 0 Å². The van der Waals surface area contributed by atoms with Gasteiger partial charge in [-0.05, 0) is 29.8 Å². The van der Waals surface area contributed by atoms with Gasteiger partial charge in [-0.15, -0.1) is 0 Å². The molecule has 0 spiro atoms. The van der Waals surface area contributed by atoms with Crippen LogP contribution in [0.15, 0.2) is 72.1 Å². The number of hydrogen-bond donors (Lipinski definition) is 3. The number of aliphatic imine (C=N–C) groups is 1. The summed E-state index contributed by atoms with van der Waals surface area (Å²) in [5, 5.41) is 0. The summed E-state index contributed by atoms with van der Waals surface area (Å²) in [6, 6.07) is 15.3. The van der Waals surface area contributed by atoms with E-state index in [-0.39, 0.29) is 5.75 Å². The Labute approximate surface area is 138 Å². The molecule has 0 aliphatic heterocycles. The lowest BCUT2D eigenvalue weighted by atomic mass is 10.1. The molecule has 3 rings (SSSR count). The number of amidine groups is 1. The van der Waals surface area contributed by atoms with Crippen LogP contribution in [0.1, 0.15) is 0 Å². The molecule has 0 saturated carbocycles. The van der Waals surface area contributed by atoms with Gasteiger partial charge in [0.1, 0.15) is 5.75 Å². The highest BCUT2D eigenvalue weighted by Crippen LogP contribution is 2.43. The summed E-state index contributed by atoms with van der Waals surface area (Å²) in [6.45, 7) is 0. The lowest BCUT2D eigenvalue weighted by molar-refractivity contribution is 0.396. The molecule has 0 aliphatic rings. The summed E-state index contributed by atoms with van der Waals surface area (Å²) in [4.78, 5) is 20.9. The van der Waals surface area contributed by atoms with Crippen LogP contribution in [-0.4, -0.2) is 20.4 Å². The zero-order valence-corrected chi connectivity index (χ0v) is 13.4. The third-order valence-corrected chi connectivity index (χ3v) is 4.32. The second kappa shape index (κ2) is 6.70. The molecule has 1 aromatic heterocycles. The summed E-state index contributed by atoms with van der Waals surface area (Å²) in [7, 11) is -4.22. The van der Waals surface area contributed by atoms with Crippen molar-refractivity contribution in [3.8, 4) is 17.0 Å². The molecule has 0 bridgehead atoms. The first-order chi connectivity index (χ1) is 11.5. The maximum absolute atomic E-state index is 12.2. The molecular weight excluding hydrogens is 327 g/mol. The fourth-order valence-electron chi connectivity index (χ4n) is 2.00. The van der Waals surface area contributed by atoms with Crippen LogP contribution >= 0.6 is 7.60 Å². The fourth-order valence-corrected chi connectivity index (χ4v) is 2.74. The van der Waals surface area contributed by atoms with E-state index >= 15 is 0 Å². The molecule has 24 heavy (non-hydrogen) atoms. The van der Waals surface area contributed by atoms with Crippen molar-refractivity contribution < 1.29 is 14.0 Å². The predicted octanol–water partition coefficient (Wildman–Crippen LogP) is 3.29. The molecule has 122 valence electrons. The van der Waals surface area contributed by atoms with E-state index in [1.165, 1.54) is 0 Å². The normalized spacial score (nSPS) is 14.1. The number of aromatic nitrogens is 2. The topological polar surface area (TPSA) is 114 Å². The highest BCUT2D eigenvalue weighted by atomic mass is 31.2. The molecule has 4 N–H and O–H groups in total. The monoisotopic (exact) mass is 342 g/mol. The van der Waals surface area contributed by atoms with Crippen LogP contribution in [0.3, 0.4) is 0 Å². The van der Waals surface area contributed by atoms with E-state index in [2.05, 4.69) is 15.0 Å². The van der Waals surface area contributed by atoms with Crippen LogP contribution in [0.25, 0.3) is 11.3 Å². The summed E-state index contributed by atoms with van der Waals surface area (Å²) in [5.41, 5.74) is 7.41. The number of benzene rings is 2. The van der Waals surface area contributed by atoms with Crippen molar-refractivity contribution in [3.63, 3.8) is 0 Å². The van der Waals surface area contributed by atoms with E-state index in [1.807, 2.05) is 0 Å². The van der Waals surface area contributed by atoms with Gasteiger partial charge >= 0.3 is 7.60 Å². The molecule has 1 heterocycles. The lowest BCUT2D eigenvalue weighted by Crippen LogP contribution is -2.15. The average molecular weight is 342 g/mol. The molecule has 0 saturated heterocycles. The molecule has 3 aromatic rings. The van der Waals surface area contributed by atoms with Crippen molar-refractivity contribution >= 4 is 18.9 Å². The van der Waals surface area contributed by atoms with Crippen molar-refractivity contribution in [3.05, 3.63) is 67.1 Å². The minimum Gasteiger partial charge on any atom is -0.419 e. The first kappa shape index (κ1) is 16.0. The molecule has 2 aromatic carbocycles. The first-order valence-electron chi connectivity index (χ1n) is 7.05. The summed E-state index contributed by atoms with van der Waals surface area (Å²) < 4.78 is 17.3. The Morgan fingerprint density at radius 3 is 2.50 bits per heavy atom. The number of H-pyrrole nitrogens is 1. The molecule has 8 heteroatoms. The molecule has 0 fully saturated rings. The van der Waals surface area contributed by atoms with Crippen LogP contribution < -0.4 is 10.3 Å². The van der Waals surface area contributed by atoms with Crippen molar-refractivity contribution in [1.29, 1.82) is 0 Å². The Bertz CT molecular complexity index is 877. The van der Waals surface area contributed by atoms with Gasteiger partial charge in [-0.2, -0.15) is 0 Å². The summed E-state index contributed by atoms with van der Waals surface area (Å²) >= 11 is 0. The Morgan fingerprint density at radius 2 is 1.88 bits per heavy atom. The zero-order chi connectivity index (χ0) is 17.0. The van der Waals surface area contributed by atoms with Gasteiger partial charge in [0.25, 0.3) is 0 Å². The molecular formula is C16H15N4O3P. The van der Waals surface area contributed by atoms with Gasteiger partial charge in [0.15, 0.2) is 0 Å². The second-order valence-corrected chi connectivity index (χ2v) is 6.59. The largest absolute Gasteiger partial charge is 0.442 e. The van der Waals surface area contributed by atoms with E-state index in [4.69, 9.17) is 10.3 Å². The van der Waals surface area contributed by atoms with Gasteiger partial charge in [-0.1, -0.05) is 30.3 Å². The van der Waals surface area contributed by atoms with E-state index in [0.717, 1.165) is 11.3 Å². The Morgan fingerprint density at radius 1 is 1.17 bits per heavy atom. The maximum Gasteiger partial charge on any atom is 0.442 e. The quantitative estimate of drug-likeness (QED) is 0.374. The lowest BCUT2D eigenvalue weighted by Gasteiger charge is -2.12. The van der Waals surface area contributed by atoms with Gasteiger partial charge in [-0.25, -0.2) is 14.5 Å². The average Bonchev–Trinajstić information content (AvgIpc) is 3.10. The highest BCUT2D eigenvalue weighted by Gasteiger charge is 2.27. The molecule has 0 amide bonds. The Kier molecular flexibility index (Phi) is 4.46. The number of aromatic amines is 1. The molecule has 0 radical (unpaired) electrons. The number of rotatable bonds is 5. The molecule has 7 nitrogen and oxygen atoms in total. The number of hydrogen-bond acceptors (Lipinski definition) is 4. The second-order valence-electron chi connectivity index (χ2n) is 4.91. The molecule has 0 aliphatic carbocycles. The smallest absolute Gasteiger partial charge is 0.419 e. The third kappa shape index (κ3) is 3.71. The fraction of sp³-hybridized carbons (Fsp3) is 0. The van der Waals surface area contributed by atoms with Crippen molar-refractivity contribution in [2.75, 3.05) is 0 Å². The van der Waals surface area contributed by atoms with Crippen molar-refractivity contribution in [1.82, 2.24) is 9.97 Å². The zero-order valence-electron chi connectivity index (χ0n) is 12.5. The van der Waals surface area contributed by atoms with Gasteiger partial charge in [0.05, 0.1) is 23.9 Å². The van der Waals surface area contributed by atoms with Crippen LogP contribution in [0, 0.1) is 0 Å². The predicted molar refractivity (Wildman–Crippen MR) is 92.2 cm³/mol. The van der Waals surface area contributed by atoms with E-state index in [1.54, 1.807) is 67.1 Å². The van der Waals surface area contributed by atoms with E-state index in [0.29, 0.717) is 5.69 Å². The van der Waals surface area contributed by atoms with Crippen molar-refractivity contribution in [2.24, 2.45) is 10.7 Å². The van der Waals surface area contributed by atoms with Gasteiger partial charge in [0.2, 0.25) is 5.58 Å². The van der Waals surface area contributed by atoms with Gasteiger partial charge in [-0.3, -0.25) is 0 Å². The van der Waals surface area contributed by atoms with Crippen molar-refractivity contribution in [2.45, 2.75) is 0 Å². The minimum atomic E-state index is -4.22. The van der Waals surface area contributed by atoms with Crippen LogP contribution in [0.4, 0.5) is 5.69 Å². The standard InChI is InChI=1S/C16H15N4O3P/c17-16(24(21,22)23-14-4-2-1-3-5-14)20-13-8-6-12(7-9-13)15-10-18-11-19-15/h1-11H,(H2,17,20)(H,18,19)(H,21,22). The first-order valence-corrected chi connectivity index (χ1v) is 8.63. The van der Waals surface area contributed by atoms with Crippen LogP contribution in [-0.2, 0) is 4.57 Å². The van der Waals surface area contributed by atoms with Gasteiger partial charge in [0, 0.05) is 0 Å². The maximum atomic E-state index is 12.2. The number of para-hydroxylation sites is 1. The Balaban J connectivity index is 1.78. The number of imidazole rings is 1. The summed E-state index contributed by atoms with van der Waals surface area (Å²) in [6.07, 6.45) is 3.28. The minimum absolute atomic E-state index is 0.246. The van der Waals surface area contributed by atoms with E-state index in [9.17, 15) is 9.46 Å². The number of nitrogens with two attached hydrogens (primary N) is 1. The Hall–Kier alpha value is -2.89. The third-order valence-electron chi connectivity index (χ3n) is 3.18. The SMILES string of the molecule is NC(=Nc1ccc(-c2cnc[nH]2)cc1)P(=O)(O)Oc1ccccc1. The number of nitrogens with zero attached hydrogens (tertiary/aromatic N) is 2. The molecule has 1 atom stereocenters. The van der Waals surface area contributed by atoms with E-state index < -0.39 is 13.2 Å². The van der Waals surface area contributed by atoms with Gasteiger partial charge < -0.3 is 20.1 Å². The molecule has 1 unspecified atom stereocenters. The number of nitrogens with one attached hydrogen (secondary N) is 1. The van der Waals surface area contributed by atoms with Crippen LogP contribution in [0.5, 0.6) is 5.75 Å².